The summed E-state index contributed by atoms with van der Waals surface area (Å²) in [6.07, 6.45) is 0. The lowest BCUT2D eigenvalue weighted by molar-refractivity contribution is 0.0913. The number of amides is 1. The molecule has 1 heterocycles. The maximum Gasteiger partial charge on any atom is 0.305 e. The van der Waals surface area contributed by atoms with E-state index in [0.29, 0.717) is 18.0 Å². The Bertz CT molecular complexity index is 751. The highest BCUT2D eigenvalue weighted by molar-refractivity contribution is 7.80. The Morgan fingerprint density at radius 3 is 2.71 bits per heavy atom. The number of anilines is 1. The van der Waals surface area contributed by atoms with Gasteiger partial charge in [-0.15, -0.1) is 0 Å². The molecule has 0 bridgehead atoms. The molecule has 0 aliphatic heterocycles. The average Bonchev–Trinajstić information content (AvgIpc) is 2.96. The van der Waals surface area contributed by atoms with E-state index in [0.717, 1.165) is 0 Å². The molecule has 6 nitrogen and oxygen atoms in total. The number of nitrogens with zero attached hydrogens (tertiary/aromatic N) is 1. The molecule has 0 spiro atoms. The number of thiocarbonyl (C=S) groups is 1. The zero-order chi connectivity index (χ0) is 17.7. The van der Waals surface area contributed by atoms with Crippen molar-refractivity contribution in [3.63, 3.8) is 0 Å². The summed E-state index contributed by atoms with van der Waals surface area (Å²) >= 11 is 10.7. The Balaban J connectivity index is 1.85. The predicted octanol–water partition coefficient (Wildman–Crippen LogP) is 2.77. The minimum absolute atomic E-state index is 0.0316. The van der Waals surface area contributed by atoms with Crippen LogP contribution in [0.1, 0.15) is 16.3 Å². The highest BCUT2D eigenvalue weighted by Gasteiger charge is 2.12. The highest BCUT2D eigenvalue weighted by Crippen LogP contribution is 2.19. The van der Waals surface area contributed by atoms with Crippen molar-refractivity contribution in [2.24, 2.45) is 0 Å². The van der Waals surface area contributed by atoms with Gasteiger partial charge in [0.25, 0.3) is 0 Å². The van der Waals surface area contributed by atoms with Gasteiger partial charge in [-0.25, -0.2) is 4.39 Å². The maximum absolute atomic E-state index is 13.1. The molecule has 24 heavy (non-hydrogen) atoms. The van der Waals surface area contributed by atoms with Crippen LogP contribution in [0.15, 0.2) is 34.7 Å². The molecule has 0 aliphatic rings. The Hall–Kier alpha value is -2.16. The van der Waals surface area contributed by atoms with Gasteiger partial charge in [-0.05, 0) is 56.6 Å². The van der Waals surface area contributed by atoms with Crippen LogP contribution in [0, 0.1) is 5.82 Å². The van der Waals surface area contributed by atoms with Crippen molar-refractivity contribution in [1.29, 1.82) is 0 Å². The molecular weight excluding hydrogens is 355 g/mol. The summed E-state index contributed by atoms with van der Waals surface area (Å²) in [5.74, 6) is -0.166. The van der Waals surface area contributed by atoms with Gasteiger partial charge in [-0.2, -0.15) is 0 Å². The lowest BCUT2D eigenvalue weighted by Crippen LogP contribution is -2.43. The number of hydrogen-bond acceptors (Lipinski definition) is 4. The summed E-state index contributed by atoms with van der Waals surface area (Å²) in [5.41, 5.74) is 5.42. The first-order valence-corrected chi connectivity index (χ1v) is 7.69. The third-order valence-electron chi connectivity index (χ3n) is 2.82. The second kappa shape index (κ2) is 8.09. The monoisotopic (exact) mass is 370 g/mol. The minimum Gasteiger partial charge on any atom is -0.454 e. The molecule has 0 atom stereocenters. The van der Waals surface area contributed by atoms with E-state index >= 15 is 0 Å². The Kier molecular flexibility index (Phi) is 6.13. The third-order valence-corrected chi connectivity index (χ3v) is 3.32. The predicted molar refractivity (Wildman–Crippen MR) is 94.3 cm³/mol. The van der Waals surface area contributed by atoms with Crippen LogP contribution in [-0.2, 0) is 6.54 Å². The van der Waals surface area contributed by atoms with Crippen molar-refractivity contribution in [3.05, 3.63) is 52.7 Å². The minimum atomic E-state index is -0.527. The summed E-state index contributed by atoms with van der Waals surface area (Å²) in [6.45, 7) is 0.589. The fourth-order valence-electron chi connectivity index (χ4n) is 1.81. The summed E-state index contributed by atoms with van der Waals surface area (Å²) in [7, 11) is 3.80. The first kappa shape index (κ1) is 18.2. The Labute approximate surface area is 148 Å². The molecule has 128 valence electrons. The molecule has 1 aromatic heterocycles. The summed E-state index contributed by atoms with van der Waals surface area (Å²) in [4.78, 5) is 13.9. The number of hydrogen-bond donors (Lipinski definition) is 3. The quantitative estimate of drug-likeness (QED) is 0.568. The van der Waals surface area contributed by atoms with Crippen LogP contribution >= 0.6 is 23.8 Å². The van der Waals surface area contributed by atoms with E-state index in [4.69, 9.17) is 28.2 Å². The number of halogens is 2. The molecule has 0 radical (unpaired) electrons. The molecule has 0 saturated heterocycles. The van der Waals surface area contributed by atoms with E-state index < -0.39 is 11.7 Å². The summed E-state index contributed by atoms with van der Waals surface area (Å²) < 4.78 is 18.5. The lowest BCUT2D eigenvalue weighted by Gasteiger charge is -2.11. The zero-order valence-electron chi connectivity index (χ0n) is 13.0. The van der Waals surface area contributed by atoms with Crippen molar-refractivity contribution in [2.75, 3.05) is 19.4 Å². The number of nitrogens with one attached hydrogen (secondary N) is 3. The number of rotatable bonds is 4. The molecular formula is C15H16ClFN4O2S. The molecule has 2 aromatic rings. The van der Waals surface area contributed by atoms with Crippen molar-refractivity contribution < 1.29 is 13.6 Å². The molecule has 0 unspecified atom stereocenters. The third kappa shape index (κ3) is 5.19. The standard InChI is InChI=1S/C15H16ClFN4O2S/c1-21(2)8-10-4-6-13(23-10)14(22)19-20-15(24)18-9-3-5-12(17)11(16)7-9/h3-7H,8H2,1-2H3,(H,19,22)(H2,18,20,24). The molecule has 1 aromatic carbocycles. The second-order valence-corrected chi connectivity index (χ2v) is 5.98. The number of hydrazine groups is 1. The smallest absolute Gasteiger partial charge is 0.305 e. The first-order valence-electron chi connectivity index (χ1n) is 6.91. The zero-order valence-corrected chi connectivity index (χ0v) is 14.6. The SMILES string of the molecule is CN(C)Cc1ccc(C(=O)NNC(=S)Nc2ccc(F)c(Cl)c2)o1. The maximum atomic E-state index is 13.1. The van der Waals surface area contributed by atoms with E-state index in [1.807, 2.05) is 19.0 Å². The molecule has 0 aliphatic carbocycles. The molecule has 9 heteroatoms. The van der Waals surface area contributed by atoms with Gasteiger partial charge < -0.3 is 14.6 Å². The van der Waals surface area contributed by atoms with Crippen molar-refractivity contribution in [1.82, 2.24) is 15.8 Å². The van der Waals surface area contributed by atoms with Crippen LogP contribution in [0.5, 0.6) is 0 Å². The number of benzene rings is 1. The van der Waals surface area contributed by atoms with E-state index in [1.165, 1.54) is 18.2 Å². The fourth-order valence-corrected chi connectivity index (χ4v) is 2.16. The Morgan fingerprint density at radius 1 is 1.29 bits per heavy atom. The van der Waals surface area contributed by atoms with Gasteiger partial charge >= 0.3 is 5.91 Å². The van der Waals surface area contributed by atoms with Crippen molar-refractivity contribution in [3.8, 4) is 0 Å². The highest BCUT2D eigenvalue weighted by atomic mass is 35.5. The van der Waals surface area contributed by atoms with Gasteiger partial charge in [0.15, 0.2) is 10.9 Å². The number of carbonyl (C=O) groups is 1. The fraction of sp³-hybridized carbons (Fsp3) is 0.200. The number of furan rings is 1. The van der Waals surface area contributed by atoms with Gasteiger partial charge in [-0.1, -0.05) is 11.6 Å². The molecule has 0 fully saturated rings. The van der Waals surface area contributed by atoms with E-state index in [-0.39, 0.29) is 15.9 Å². The van der Waals surface area contributed by atoms with E-state index in [1.54, 1.807) is 12.1 Å². The van der Waals surface area contributed by atoms with Crippen LogP contribution in [0.2, 0.25) is 5.02 Å². The lowest BCUT2D eigenvalue weighted by atomic mass is 10.3. The van der Waals surface area contributed by atoms with Gasteiger partial charge in [0, 0.05) is 5.69 Å². The van der Waals surface area contributed by atoms with Crippen LogP contribution in [0.3, 0.4) is 0 Å². The van der Waals surface area contributed by atoms with Gasteiger partial charge in [0.05, 0.1) is 11.6 Å². The topological polar surface area (TPSA) is 69.5 Å². The normalized spacial score (nSPS) is 10.5. The average molecular weight is 371 g/mol. The molecule has 0 saturated carbocycles. The van der Waals surface area contributed by atoms with Gasteiger partial charge in [0.1, 0.15) is 11.6 Å². The van der Waals surface area contributed by atoms with Gasteiger partial charge in [0.2, 0.25) is 0 Å². The molecule has 3 N–H and O–H groups in total. The second-order valence-electron chi connectivity index (χ2n) is 5.17. The number of carbonyl (C=O) groups excluding carboxylic acids is 1. The van der Waals surface area contributed by atoms with Crippen molar-refractivity contribution in [2.45, 2.75) is 6.54 Å². The molecule has 1 amide bonds. The van der Waals surface area contributed by atoms with E-state index in [9.17, 15) is 9.18 Å². The largest absolute Gasteiger partial charge is 0.454 e. The van der Waals surface area contributed by atoms with Crippen molar-refractivity contribution >= 4 is 40.5 Å². The Morgan fingerprint density at radius 2 is 2.04 bits per heavy atom. The van der Waals surface area contributed by atoms with E-state index in [2.05, 4.69) is 16.2 Å². The summed E-state index contributed by atoms with van der Waals surface area (Å²) in [6, 6.07) is 7.36. The van der Waals surface area contributed by atoms with Crippen LogP contribution < -0.4 is 16.2 Å². The van der Waals surface area contributed by atoms with Crippen LogP contribution in [0.4, 0.5) is 10.1 Å². The first-order chi connectivity index (χ1) is 11.3. The summed E-state index contributed by atoms with van der Waals surface area (Å²) in [5, 5.41) is 2.85. The van der Waals surface area contributed by atoms with Crippen LogP contribution in [0.25, 0.3) is 0 Å². The van der Waals surface area contributed by atoms with Gasteiger partial charge in [-0.3, -0.25) is 15.6 Å². The van der Waals surface area contributed by atoms with Crippen LogP contribution in [-0.4, -0.2) is 30.0 Å². The molecule has 2 rings (SSSR count).